The predicted octanol–water partition coefficient (Wildman–Crippen LogP) is 3.19. The van der Waals surface area contributed by atoms with E-state index in [1.54, 1.807) is 18.5 Å². The molecule has 0 radical (unpaired) electrons. The van der Waals surface area contributed by atoms with Crippen LogP contribution in [0.3, 0.4) is 0 Å². The SMILES string of the molecule is CCNC(=O)c1ccc(C)c(Nc2nccn3cc(C(=O)NCC)c(C)c23)c1. The summed E-state index contributed by atoms with van der Waals surface area (Å²) < 4.78 is 1.89. The van der Waals surface area contributed by atoms with Crippen LogP contribution in [0, 0.1) is 13.8 Å². The number of nitrogens with zero attached hydrogens (tertiary/aromatic N) is 2. The summed E-state index contributed by atoms with van der Waals surface area (Å²) in [6.45, 7) is 8.79. The number of fused-ring (bicyclic) bond motifs is 1. The van der Waals surface area contributed by atoms with Crippen molar-refractivity contribution in [1.29, 1.82) is 0 Å². The van der Waals surface area contributed by atoms with Crippen molar-refractivity contribution < 1.29 is 9.59 Å². The molecule has 0 saturated carbocycles. The normalized spacial score (nSPS) is 10.7. The predicted molar refractivity (Wildman–Crippen MR) is 110 cm³/mol. The summed E-state index contributed by atoms with van der Waals surface area (Å²) in [5.41, 5.74) is 4.66. The van der Waals surface area contributed by atoms with E-state index >= 15 is 0 Å². The second kappa shape index (κ2) is 8.12. The molecule has 0 unspecified atom stereocenters. The van der Waals surface area contributed by atoms with E-state index in [9.17, 15) is 9.59 Å². The molecule has 0 spiro atoms. The molecule has 2 aromatic heterocycles. The Morgan fingerprint density at radius 3 is 2.50 bits per heavy atom. The first-order valence-electron chi connectivity index (χ1n) is 9.36. The van der Waals surface area contributed by atoms with Crippen molar-refractivity contribution in [3.8, 4) is 0 Å². The molecule has 2 amide bonds. The molecule has 1 aromatic carbocycles. The lowest BCUT2D eigenvalue weighted by Crippen LogP contribution is -2.22. The van der Waals surface area contributed by atoms with E-state index in [-0.39, 0.29) is 11.8 Å². The van der Waals surface area contributed by atoms with Gasteiger partial charge in [-0.3, -0.25) is 9.59 Å². The van der Waals surface area contributed by atoms with Crippen LogP contribution in [-0.4, -0.2) is 34.3 Å². The van der Waals surface area contributed by atoms with Gasteiger partial charge in [0, 0.05) is 42.9 Å². The summed E-state index contributed by atoms with van der Waals surface area (Å²) in [4.78, 5) is 29.0. The van der Waals surface area contributed by atoms with Crippen molar-refractivity contribution in [1.82, 2.24) is 20.0 Å². The maximum atomic E-state index is 12.3. The second-order valence-corrected chi connectivity index (χ2v) is 6.57. The maximum Gasteiger partial charge on any atom is 0.253 e. The van der Waals surface area contributed by atoms with Crippen molar-refractivity contribution in [2.45, 2.75) is 27.7 Å². The highest BCUT2D eigenvalue weighted by Crippen LogP contribution is 2.28. The molecule has 0 saturated heterocycles. The van der Waals surface area contributed by atoms with Gasteiger partial charge in [0.25, 0.3) is 11.8 Å². The first kappa shape index (κ1) is 19.4. The number of hydrogen-bond acceptors (Lipinski definition) is 4. The van der Waals surface area contributed by atoms with E-state index < -0.39 is 0 Å². The van der Waals surface area contributed by atoms with Crippen molar-refractivity contribution in [2.24, 2.45) is 0 Å². The standard InChI is InChI=1S/C21H25N5O2/c1-5-22-20(27)15-8-7-13(3)17(11-15)25-19-18-14(4)16(21(28)23-6-2)12-26(18)10-9-24-19/h7-12H,5-6H2,1-4H3,(H,22,27)(H,23,28)(H,24,25). The average molecular weight is 379 g/mol. The quantitative estimate of drug-likeness (QED) is 0.614. The summed E-state index contributed by atoms with van der Waals surface area (Å²) in [5, 5.41) is 8.98. The number of aryl methyl sites for hydroxylation is 2. The van der Waals surface area contributed by atoms with Crippen LogP contribution in [0.15, 0.2) is 36.8 Å². The van der Waals surface area contributed by atoms with Crippen LogP contribution in [0.1, 0.15) is 45.7 Å². The van der Waals surface area contributed by atoms with E-state index in [1.165, 1.54) is 0 Å². The van der Waals surface area contributed by atoms with Crippen LogP contribution in [0.5, 0.6) is 0 Å². The summed E-state index contributed by atoms with van der Waals surface area (Å²) in [6, 6.07) is 5.52. The number of benzene rings is 1. The van der Waals surface area contributed by atoms with Gasteiger partial charge in [-0.15, -0.1) is 0 Å². The van der Waals surface area contributed by atoms with Crippen molar-refractivity contribution in [3.63, 3.8) is 0 Å². The molecule has 2 heterocycles. The van der Waals surface area contributed by atoms with E-state index in [2.05, 4.69) is 20.9 Å². The van der Waals surface area contributed by atoms with Gasteiger partial charge in [0.1, 0.15) is 0 Å². The summed E-state index contributed by atoms with van der Waals surface area (Å²) in [6.07, 6.45) is 5.30. The van der Waals surface area contributed by atoms with E-state index in [0.29, 0.717) is 30.0 Å². The molecule has 0 fully saturated rings. The molecule has 28 heavy (non-hydrogen) atoms. The number of aromatic nitrogens is 2. The minimum absolute atomic E-state index is 0.107. The van der Waals surface area contributed by atoms with E-state index in [4.69, 9.17) is 0 Å². The molecule has 0 aliphatic heterocycles. The first-order chi connectivity index (χ1) is 13.5. The zero-order chi connectivity index (χ0) is 20.3. The van der Waals surface area contributed by atoms with Crippen LogP contribution in [0.25, 0.3) is 5.52 Å². The molecule has 3 aromatic rings. The highest BCUT2D eigenvalue weighted by molar-refractivity contribution is 5.99. The first-order valence-corrected chi connectivity index (χ1v) is 9.36. The Morgan fingerprint density at radius 1 is 1.07 bits per heavy atom. The van der Waals surface area contributed by atoms with Crippen molar-refractivity contribution >= 4 is 28.8 Å². The second-order valence-electron chi connectivity index (χ2n) is 6.57. The van der Waals surface area contributed by atoms with Gasteiger partial charge in [-0.1, -0.05) is 6.07 Å². The lowest BCUT2D eigenvalue weighted by atomic mass is 10.1. The zero-order valence-electron chi connectivity index (χ0n) is 16.6. The lowest BCUT2D eigenvalue weighted by molar-refractivity contribution is 0.0947. The number of nitrogens with one attached hydrogen (secondary N) is 3. The number of rotatable bonds is 6. The maximum absolute atomic E-state index is 12.3. The minimum Gasteiger partial charge on any atom is -0.352 e. The largest absolute Gasteiger partial charge is 0.352 e. The van der Waals surface area contributed by atoms with Crippen LogP contribution in [0.2, 0.25) is 0 Å². The van der Waals surface area contributed by atoms with Crippen molar-refractivity contribution in [2.75, 3.05) is 18.4 Å². The Labute approximate surface area is 164 Å². The fourth-order valence-electron chi connectivity index (χ4n) is 3.14. The minimum atomic E-state index is -0.117. The van der Waals surface area contributed by atoms with Gasteiger partial charge in [-0.2, -0.15) is 0 Å². The molecule has 3 rings (SSSR count). The molecule has 0 aliphatic rings. The van der Waals surface area contributed by atoms with Gasteiger partial charge in [0.2, 0.25) is 0 Å². The summed E-state index contributed by atoms with van der Waals surface area (Å²) >= 11 is 0. The molecule has 7 nitrogen and oxygen atoms in total. The summed E-state index contributed by atoms with van der Waals surface area (Å²) in [5.74, 6) is 0.407. The van der Waals surface area contributed by atoms with Gasteiger partial charge < -0.3 is 20.4 Å². The Morgan fingerprint density at radius 2 is 1.79 bits per heavy atom. The zero-order valence-corrected chi connectivity index (χ0v) is 16.6. The third-order valence-electron chi connectivity index (χ3n) is 4.61. The van der Waals surface area contributed by atoms with Gasteiger partial charge in [0.15, 0.2) is 5.82 Å². The topological polar surface area (TPSA) is 87.5 Å². The molecule has 0 bridgehead atoms. The van der Waals surface area contributed by atoms with Gasteiger partial charge >= 0.3 is 0 Å². The van der Waals surface area contributed by atoms with Crippen LogP contribution in [-0.2, 0) is 0 Å². The molecular weight excluding hydrogens is 354 g/mol. The molecule has 0 atom stereocenters. The van der Waals surface area contributed by atoms with Crippen LogP contribution in [0.4, 0.5) is 11.5 Å². The number of hydrogen-bond donors (Lipinski definition) is 3. The molecule has 3 N–H and O–H groups in total. The lowest BCUT2D eigenvalue weighted by Gasteiger charge is -2.12. The van der Waals surface area contributed by atoms with E-state index in [1.807, 2.05) is 50.4 Å². The van der Waals surface area contributed by atoms with Crippen LogP contribution < -0.4 is 16.0 Å². The Kier molecular flexibility index (Phi) is 5.63. The Hall–Kier alpha value is -3.35. The molecule has 7 heteroatoms. The fraction of sp³-hybridized carbons (Fsp3) is 0.286. The van der Waals surface area contributed by atoms with Gasteiger partial charge in [-0.25, -0.2) is 4.98 Å². The smallest absolute Gasteiger partial charge is 0.253 e. The van der Waals surface area contributed by atoms with Crippen molar-refractivity contribution in [3.05, 3.63) is 59.0 Å². The molecular formula is C21H25N5O2. The number of carbonyl (C=O) groups excluding carboxylic acids is 2. The Balaban J connectivity index is 2.02. The van der Waals surface area contributed by atoms with Crippen LogP contribution >= 0.6 is 0 Å². The van der Waals surface area contributed by atoms with Gasteiger partial charge in [-0.05, 0) is 51.0 Å². The number of carbonyl (C=O) groups is 2. The Bertz CT molecular complexity index is 1040. The highest BCUT2D eigenvalue weighted by Gasteiger charge is 2.17. The number of anilines is 2. The third kappa shape index (κ3) is 3.69. The monoisotopic (exact) mass is 379 g/mol. The highest BCUT2D eigenvalue weighted by atomic mass is 16.2. The average Bonchev–Trinajstić information content (AvgIpc) is 3.02. The van der Waals surface area contributed by atoms with Gasteiger partial charge in [0.05, 0.1) is 11.1 Å². The fourth-order valence-corrected chi connectivity index (χ4v) is 3.14. The third-order valence-corrected chi connectivity index (χ3v) is 4.61. The molecule has 0 aliphatic carbocycles. The summed E-state index contributed by atoms with van der Waals surface area (Å²) in [7, 11) is 0. The molecule has 146 valence electrons. The van der Waals surface area contributed by atoms with E-state index in [0.717, 1.165) is 22.3 Å². The number of amides is 2.